The van der Waals surface area contributed by atoms with Crippen LogP contribution in [0.3, 0.4) is 0 Å². The Kier molecular flexibility index (Phi) is 2.41. The molecule has 1 heterocycles. The van der Waals surface area contributed by atoms with Gasteiger partial charge in [0.1, 0.15) is 0 Å². The number of hydrogen-bond donors (Lipinski definition) is 4. The van der Waals surface area contributed by atoms with Gasteiger partial charge in [-0.3, -0.25) is 15.5 Å². The van der Waals surface area contributed by atoms with E-state index in [0.29, 0.717) is 16.9 Å². The fourth-order valence-electron chi connectivity index (χ4n) is 1.75. The molecule has 1 atom stereocenters. The van der Waals surface area contributed by atoms with Crippen LogP contribution >= 0.6 is 0 Å². The Hall–Kier alpha value is -1.85. The molecule has 84 valence electrons. The lowest BCUT2D eigenvalue weighted by Gasteiger charge is -2.17. The highest BCUT2D eigenvalue weighted by atomic mass is 16.5. The van der Waals surface area contributed by atoms with Crippen molar-refractivity contribution in [3.05, 3.63) is 41.6 Å². The van der Waals surface area contributed by atoms with Gasteiger partial charge in [0, 0.05) is 16.9 Å². The average molecular weight is 220 g/mol. The predicted octanol–water partition coefficient (Wildman–Crippen LogP) is 0.709. The van der Waals surface area contributed by atoms with Gasteiger partial charge in [0.2, 0.25) is 0 Å². The lowest BCUT2D eigenvalue weighted by atomic mass is 9.94. The Morgan fingerprint density at radius 2 is 2.19 bits per heavy atom. The molecule has 1 aromatic carbocycles. The van der Waals surface area contributed by atoms with Gasteiger partial charge in [-0.1, -0.05) is 18.2 Å². The van der Waals surface area contributed by atoms with Gasteiger partial charge in [-0.05, 0) is 19.1 Å². The van der Waals surface area contributed by atoms with E-state index in [4.69, 9.17) is 5.21 Å². The van der Waals surface area contributed by atoms with Crippen LogP contribution in [0.1, 0.15) is 12.5 Å². The van der Waals surface area contributed by atoms with Crippen LogP contribution in [0.15, 0.2) is 36.0 Å². The molecule has 0 saturated heterocycles. The van der Waals surface area contributed by atoms with Crippen molar-refractivity contribution in [3.8, 4) is 0 Å². The summed E-state index contributed by atoms with van der Waals surface area (Å²) >= 11 is 0. The number of anilines is 1. The summed E-state index contributed by atoms with van der Waals surface area (Å²) in [4.78, 5) is 11.7. The van der Waals surface area contributed by atoms with Crippen molar-refractivity contribution in [2.75, 3.05) is 5.32 Å². The third-order valence-corrected chi connectivity index (χ3v) is 2.53. The van der Waals surface area contributed by atoms with E-state index in [1.165, 1.54) is 6.08 Å². The van der Waals surface area contributed by atoms with Crippen molar-refractivity contribution in [1.82, 2.24) is 5.48 Å². The van der Waals surface area contributed by atoms with Crippen molar-refractivity contribution in [2.45, 2.75) is 12.5 Å². The van der Waals surface area contributed by atoms with Crippen molar-refractivity contribution in [2.24, 2.45) is 0 Å². The van der Waals surface area contributed by atoms with Crippen molar-refractivity contribution < 1.29 is 15.1 Å². The quantitative estimate of drug-likeness (QED) is 0.553. The van der Waals surface area contributed by atoms with Crippen LogP contribution in [0.25, 0.3) is 0 Å². The molecule has 0 bridgehead atoms. The molecule has 1 aliphatic rings. The minimum atomic E-state index is -1.73. The molecule has 1 amide bonds. The highest BCUT2D eigenvalue weighted by Crippen LogP contribution is 2.36. The van der Waals surface area contributed by atoms with Crippen molar-refractivity contribution >= 4 is 11.6 Å². The van der Waals surface area contributed by atoms with E-state index in [1.54, 1.807) is 31.2 Å². The first-order chi connectivity index (χ1) is 7.58. The molecule has 0 radical (unpaired) electrons. The molecule has 2 rings (SSSR count). The van der Waals surface area contributed by atoms with Crippen molar-refractivity contribution in [1.29, 1.82) is 0 Å². The van der Waals surface area contributed by atoms with E-state index in [9.17, 15) is 9.90 Å². The van der Waals surface area contributed by atoms with Gasteiger partial charge < -0.3 is 10.4 Å². The Bertz CT molecular complexity index is 470. The highest BCUT2D eigenvalue weighted by Gasteiger charge is 2.43. The SMILES string of the molecule is C/C(=C\[C@]1(O)C(=O)Nc2ccccc21)NO. The molecular weight excluding hydrogens is 208 g/mol. The summed E-state index contributed by atoms with van der Waals surface area (Å²) in [7, 11) is 0. The Labute approximate surface area is 92.4 Å². The Morgan fingerprint density at radius 3 is 2.88 bits per heavy atom. The van der Waals surface area contributed by atoms with Gasteiger partial charge in [0.05, 0.1) is 0 Å². The minimum absolute atomic E-state index is 0.300. The number of fused-ring (bicyclic) bond motifs is 1. The summed E-state index contributed by atoms with van der Waals surface area (Å²) in [6.45, 7) is 1.55. The smallest absolute Gasteiger partial charge is 0.265 e. The molecule has 0 saturated carbocycles. The van der Waals surface area contributed by atoms with E-state index in [1.807, 2.05) is 5.48 Å². The zero-order valence-corrected chi connectivity index (χ0v) is 8.69. The predicted molar refractivity (Wildman–Crippen MR) is 57.6 cm³/mol. The number of benzene rings is 1. The van der Waals surface area contributed by atoms with Crippen LogP contribution in [0.4, 0.5) is 5.69 Å². The van der Waals surface area contributed by atoms with Crippen LogP contribution < -0.4 is 10.8 Å². The van der Waals surface area contributed by atoms with Gasteiger partial charge in [-0.15, -0.1) is 0 Å². The number of hydroxylamine groups is 1. The standard InChI is InChI=1S/C11H12N2O3/c1-7(13-16)6-11(15)8-4-2-3-5-9(8)12-10(11)14/h2-6,13,15-16H,1H3,(H,12,14)/b7-6+/t11-/m1/s1. The molecule has 16 heavy (non-hydrogen) atoms. The van der Waals surface area contributed by atoms with Crippen molar-refractivity contribution in [3.63, 3.8) is 0 Å². The van der Waals surface area contributed by atoms with Crippen LogP contribution in [0.2, 0.25) is 0 Å². The summed E-state index contributed by atoms with van der Waals surface area (Å²) in [6.07, 6.45) is 1.27. The topological polar surface area (TPSA) is 81.6 Å². The third kappa shape index (κ3) is 1.46. The molecule has 5 heteroatoms. The minimum Gasteiger partial charge on any atom is -0.372 e. The largest absolute Gasteiger partial charge is 0.372 e. The summed E-state index contributed by atoms with van der Waals surface area (Å²) in [5.41, 5.74) is 1.53. The van der Waals surface area contributed by atoms with Gasteiger partial charge in [0.15, 0.2) is 5.60 Å². The number of hydrogen-bond acceptors (Lipinski definition) is 4. The summed E-state index contributed by atoms with van der Waals surface area (Å²) in [5.74, 6) is -0.525. The van der Waals surface area contributed by atoms with E-state index < -0.39 is 11.5 Å². The molecule has 0 unspecified atom stereocenters. The second kappa shape index (κ2) is 3.62. The fraction of sp³-hybridized carbons (Fsp3) is 0.182. The number of para-hydroxylation sites is 1. The van der Waals surface area contributed by atoms with Crippen LogP contribution in [-0.4, -0.2) is 16.2 Å². The Morgan fingerprint density at radius 1 is 1.50 bits per heavy atom. The Balaban J connectivity index is 2.53. The van der Waals surface area contributed by atoms with Gasteiger partial charge in [-0.25, -0.2) is 0 Å². The molecule has 5 nitrogen and oxygen atoms in total. The number of nitrogens with one attached hydrogen (secondary N) is 2. The number of aliphatic hydroxyl groups is 1. The molecule has 1 aromatic rings. The number of carbonyl (C=O) groups excluding carboxylic acids is 1. The molecule has 1 aliphatic heterocycles. The number of amides is 1. The maximum atomic E-state index is 11.7. The summed E-state index contributed by atoms with van der Waals surface area (Å²) < 4.78 is 0. The highest BCUT2D eigenvalue weighted by molar-refractivity contribution is 6.06. The van der Waals surface area contributed by atoms with Gasteiger partial charge in [-0.2, -0.15) is 0 Å². The average Bonchev–Trinajstić information content (AvgIpc) is 2.52. The first kappa shape index (κ1) is 10.7. The summed E-state index contributed by atoms with van der Waals surface area (Å²) in [5, 5.41) is 21.5. The van der Waals surface area contributed by atoms with Gasteiger partial charge in [0.25, 0.3) is 5.91 Å². The zero-order valence-electron chi connectivity index (χ0n) is 8.69. The number of rotatable bonds is 2. The second-order valence-corrected chi connectivity index (χ2v) is 3.71. The number of carbonyl (C=O) groups is 1. The maximum absolute atomic E-state index is 11.7. The number of allylic oxidation sites excluding steroid dienone is 1. The lowest BCUT2D eigenvalue weighted by Crippen LogP contribution is -2.33. The second-order valence-electron chi connectivity index (χ2n) is 3.71. The molecule has 0 spiro atoms. The van der Waals surface area contributed by atoms with Crippen LogP contribution in [-0.2, 0) is 10.4 Å². The molecule has 0 aromatic heterocycles. The maximum Gasteiger partial charge on any atom is 0.265 e. The molecule has 4 N–H and O–H groups in total. The molecule has 0 fully saturated rings. The third-order valence-electron chi connectivity index (χ3n) is 2.53. The summed E-state index contributed by atoms with van der Waals surface area (Å²) in [6, 6.07) is 6.88. The zero-order chi connectivity index (χ0) is 11.8. The molecular formula is C11H12N2O3. The lowest BCUT2D eigenvalue weighted by molar-refractivity contribution is -0.129. The first-order valence-corrected chi connectivity index (χ1v) is 4.81. The first-order valence-electron chi connectivity index (χ1n) is 4.81. The van der Waals surface area contributed by atoms with E-state index in [-0.39, 0.29) is 0 Å². The van der Waals surface area contributed by atoms with Crippen LogP contribution in [0.5, 0.6) is 0 Å². The van der Waals surface area contributed by atoms with E-state index >= 15 is 0 Å². The van der Waals surface area contributed by atoms with Crippen LogP contribution in [0, 0.1) is 0 Å². The van der Waals surface area contributed by atoms with E-state index in [0.717, 1.165) is 0 Å². The normalized spacial score (nSPS) is 23.9. The monoisotopic (exact) mass is 220 g/mol. The fourth-order valence-corrected chi connectivity index (χ4v) is 1.75. The molecule has 0 aliphatic carbocycles. The van der Waals surface area contributed by atoms with E-state index in [2.05, 4.69) is 5.32 Å². The van der Waals surface area contributed by atoms with Gasteiger partial charge >= 0.3 is 0 Å².